The number of nitrogens with zero attached hydrogens (tertiary/aromatic N) is 1. The van der Waals surface area contributed by atoms with Gasteiger partial charge < -0.3 is 20.8 Å². The first-order valence-electron chi connectivity index (χ1n) is 6.45. The van der Waals surface area contributed by atoms with Crippen molar-refractivity contribution in [3.8, 4) is 5.75 Å². The van der Waals surface area contributed by atoms with Crippen LogP contribution in [0.2, 0.25) is 0 Å². The van der Waals surface area contributed by atoms with E-state index in [2.05, 4.69) is 4.90 Å². The van der Waals surface area contributed by atoms with Gasteiger partial charge in [0.05, 0.1) is 5.60 Å². The second kappa shape index (κ2) is 4.78. The van der Waals surface area contributed by atoms with Crippen LogP contribution in [-0.4, -0.2) is 28.9 Å². The van der Waals surface area contributed by atoms with Gasteiger partial charge >= 0.3 is 0 Å². The number of benzene rings is 1. The second-order valence-electron chi connectivity index (χ2n) is 5.52. The molecule has 1 heterocycles. The van der Waals surface area contributed by atoms with Crippen molar-refractivity contribution in [3.05, 3.63) is 23.8 Å². The lowest BCUT2D eigenvalue weighted by atomic mass is 9.93. The molecule has 1 fully saturated rings. The summed E-state index contributed by atoms with van der Waals surface area (Å²) in [5.74, 6) is 0.250. The summed E-state index contributed by atoms with van der Waals surface area (Å²) in [5, 5.41) is 19.9. The van der Waals surface area contributed by atoms with Gasteiger partial charge in [-0.05, 0) is 32.8 Å². The van der Waals surface area contributed by atoms with Crippen LogP contribution in [0, 0.1) is 0 Å². The number of aliphatic hydroxyl groups is 1. The molecule has 18 heavy (non-hydrogen) atoms. The second-order valence-corrected chi connectivity index (χ2v) is 5.52. The molecule has 100 valence electrons. The van der Waals surface area contributed by atoms with Crippen molar-refractivity contribution in [2.24, 2.45) is 5.73 Å². The quantitative estimate of drug-likeness (QED) is 0.748. The van der Waals surface area contributed by atoms with Gasteiger partial charge in [-0.15, -0.1) is 0 Å². The third kappa shape index (κ3) is 2.76. The lowest BCUT2D eigenvalue weighted by molar-refractivity contribution is 0.0351. The smallest absolute Gasteiger partial charge is 0.122 e. The van der Waals surface area contributed by atoms with Gasteiger partial charge in [0.15, 0.2) is 0 Å². The van der Waals surface area contributed by atoms with E-state index in [1.165, 1.54) is 0 Å². The molecule has 0 aliphatic carbocycles. The third-order valence-electron chi connectivity index (χ3n) is 3.71. The van der Waals surface area contributed by atoms with Crippen LogP contribution in [0.3, 0.4) is 0 Å². The Kier molecular flexibility index (Phi) is 3.50. The fraction of sp³-hybridized carbons (Fsp3) is 0.571. The van der Waals surface area contributed by atoms with Gasteiger partial charge in [-0.25, -0.2) is 0 Å². The first-order chi connectivity index (χ1) is 8.39. The van der Waals surface area contributed by atoms with E-state index in [9.17, 15) is 10.2 Å². The van der Waals surface area contributed by atoms with Crippen molar-refractivity contribution >= 4 is 5.69 Å². The number of aromatic hydroxyl groups is 1. The van der Waals surface area contributed by atoms with Crippen molar-refractivity contribution < 1.29 is 10.2 Å². The lowest BCUT2D eigenvalue weighted by Gasteiger charge is -2.37. The highest BCUT2D eigenvalue weighted by molar-refractivity contribution is 5.54. The Bertz CT molecular complexity index is 420. The molecule has 1 aromatic rings. The van der Waals surface area contributed by atoms with E-state index < -0.39 is 5.60 Å². The van der Waals surface area contributed by atoms with Crippen molar-refractivity contribution in [2.75, 3.05) is 18.0 Å². The van der Waals surface area contributed by atoms with Gasteiger partial charge in [-0.1, -0.05) is 6.07 Å². The Morgan fingerprint density at radius 3 is 2.44 bits per heavy atom. The molecule has 0 spiro atoms. The van der Waals surface area contributed by atoms with Crippen LogP contribution in [-0.2, 0) is 0 Å². The number of nitrogens with two attached hydrogens (primary N) is 1. The summed E-state index contributed by atoms with van der Waals surface area (Å²) in [4.78, 5) is 2.18. The fourth-order valence-electron chi connectivity index (χ4n) is 2.36. The maximum atomic E-state index is 9.94. The van der Waals surface area contributed by atoms with Crippen LogP contribution >= 0.6 is 0 Å². The minimum atomic E-state index is -0.551. The summed E-state index contributed by atoms with van der Waals surface area (Å²) in [6.07, 6.45) is 1.51. The summed E-state index contributed by atoms with van der Waals surface area (Å²) in [6, 6.07) is 5.46. The highest BCUT2D eigenvalue weighted by atomic mass is 16.3. The minimum absolute atomic E-state index is 0.166. The first kappa shape index (κ1) is 13.2. The van der Waals surface area contributed by atoms with Crippen molar-refractivity contribution in [3.63, 3.8) is 0 Å². The van der Waals surface area contributed by atoms with Gasteiger partial charge in [0.25, 0.3) is 0 Å². The molecular formula is C14H22N2O2. The highest BCUT2D eigenvalue weighted by Crippen LogP contribution is 2.31. The number of anilines is 1. The Hall–Kier alpha value is -1.26. The van der Waals surface area contributed by atoms with Crippen LogP contribution < -0.4 is 10.6 Å². The molecule has 4 N–H and O–H groups in total. The highest BCUT2D eigenvalue weighted by Gasteiger charge is 2.27. The number of hydrogen-bond acceptors (Lipinski definition) is 4. The minimum Gasteiger partial charge on any atom is -0.508 e. The van der Waals surface area contributed by atoms with E-state index in [0.717, 1.165) is 37.2 Å². The van der Waals surface area contributed by atoms with Crippen molar-refractivity contribution in [1.29, 1.82) is 0 Å². The number of rotatable bonds is 2. The average molecular weight is 250 g/mol. The fourth-order valence-corrected chi connectivity index (χ4v) is 2.36. The van der Waals surface area contributed by atoms with E-state index in [0.29, 0.717) is 0 Å². The van der Waals surface area contributed by atoms with Crippen LogP contribution in [0.4, 0.5) is 5.69 Å². The molecule has 0 amide bonds. The first-order valence-corrected chi connectivity index (χ1v) is 6.45. The molecular weight excluding hydrogens is 228 g/mol. The normalized spacial score (nSPS) is 20.8. The molecule has 1 unspecified atom stereocenters. The molecule has 1 saturated heterocycles. The van der Waals surface area contributed by atoms with Crippen LogP contribution in [0.25, 0.3) is 0 Å². The van der Waals surface area contributed by atoms with Crippen molar-refractivity contribution in [1.82, 2.24) is 0 Å². The van der Waals surface area contributed by atoms with Gasteiger partial charge in [0.1, 0.15) is 5.75 Å². The monoisotopic (exact) mass is 250 g/mol. The molecule has 1 aromatic carbocycles. The molecule has 1 aliphatic rings. The molecule has 2 rings (SSSR count). The van der Waals surface area contributed by atoms with E-state index >= 15 is 0 Å². The average Bonchev–Trinajstić information content (AvgIpc) is 2.28. The van der Waals surface area contributed by atoms with E-state index in [1.54, 1.807) is 6.07 Å². The maximum Gasteiger partial charge on any atom is 0.122 e. The molecule has 4 nitrogen and oxygen atoms in total. The summed E-state index contributed by atoms with van der Waals surface area (Å²) in [7, 11) is 0. The van der Waals surface area contributed by atoms with Gasteiger partial charge in [-0.2, -0.15) is 0 Å². The van der Waals surface area contributed by atoms with Crippen LogP contribution in [0.1, 0.15) is 38.3 Å². The van der Waals surface area contributed by atoms with Crippen molar-refractivity contribution in [2.45, 2.75) is 38.3 Å². The number of piperidine rings is 1. The predicted octanol–water partition coefficient (Wildman–Crippen LogP) is 1.76. The van der Waals surface area contributed by atoms with Gasteiger partial charge in [0, 0.05) is 36.4 Å². The third-order valence-corrected chi connectivity index (χ3v) is 3.71. The van der Waals surface area contributed by atoms with Crippen LogP contribution in [0.5, 0.6) is 5.75 Å². The molecule has 0 radical (unpaired) electrons. The van der Waals surface area contributed by atoms with Gasteiger partial charge in [-0.3, -0.25) is 0 Å². The number of phenolic OH excluding ortho intramolecular Hbond substituents is 1. The summed E-state index contributed by atoms with van der Waals surface area (Å²) in [6.45, 7) is 5.35. The number of phenols is 1. The predicted molar refractivity (Wildman–Crippen MR) is 72.8 cm³/mol. The Balaban J connectivity index is 2.13. The SMILES string of the molecule is CC(N)c1ccc(N2CCC(C)(O)CC2)cc1O. The van der Waals surface area contributed by atoms with Gasteiger partial charge in [0.2, 0.25) is 0 Å². The zero-order chi connectivity index (χ0) is 13.3. The molecule has 0 aromatic heterocycles. The lowest BCUT2D eigenvalue weighted by Crippen LogP contribution is -2.42. The molecule has 4 heteroatoms. The zero-order valence-corrected chi connectivity index (χ0v) is 11.1. The summed E-state index contributed by atoms with van der Waals surface area (Å²) >= 11 is 0. The Morgan fingerprint density at radius 2 is 1.94 bits per heavy atom. The summed E-state index contributed by atoms with van der Waals surface area (Å²) in [5.41, 5.74) is 6.98. The topological polar surface area (TPSA) is 69.7 Å². The molecule has 0 bridgehead atoms. The number of hydrogen-bond donors (Lipinski definition) is 3. The van der Waals surface area contributed by atoms with E-state index in [1.807, 2.05) is 26.0 Å². The largest absolute Gasteiger partial charge is 0.508 e. The molecule has 0 saturated carbocycles. The Labute approximate surface area is 108 Å². The zero-order valence-electron chi connectivity index (χ0n) is 11.1. The van der Waals surface area contributed by atoms with E-state index in [4.69, 9.17) is 5.73 Å². The maximum absolute atomic E-state index is 9.94. The van der Waals surface area contributed by atoms with Crippen LogP contribution in [0.15, 0.2) is 18.2 Å². The standard InChI is InChI=1S/C14H22N2O2/c1-10(15)12-4-3-11(9-13(12)17)16-7-5-14(2,18)6-8-16/h3-4,9-10,17-18H,5-8,15H2,1-2H3. The summed E-state index contributed by atoms with van der Waals surface area (Å²) < 4.78 is 0. The molecule has 1 aliphatic heterocycles. The Morgan fingerprint density at radius 1 is 1.33 bits per heavy atom. The van der Waals surface area contributed by atoms with E-state index in [-0.39, 0.29) is 11.8 Å². The molecule has 1 atom stereocenters.